The van der Waals surface area contributed by atoms with Crippen molar-refractivity contribution in [2.24, 2.45) is 0 Å². The van der Waals surface area contributed by atoms with Gasteiger partial charge in [-0.2, -0.15) is 0 Å². The number of urea groups is 1. The van der Waals surface area contributed by atoms with E-state index in [9.17, 15) is 4.79 Å². The Morgan fingerprint density at radius 1 is 1.29 bits per heavy atom. The van der Waals surface area contributed by atoms with Crippen molar-refractivity contribution in [3.8, 4) is 0 Å². The minimum atomic E-state index is -0.0174. The highest BCUT2D eigenvalue weighted by Gasteiger charge is 2.18. The minimum Gasteiger partial charge on any atom is -0.322 e. The Hall–Kier alpha value is -1.07. The predicted molar refractivity (Wildman–Crippen MR) is 72.2 cm³/mol. The summed E-state index contributed by atoms with van der Waals surface area (Å²) in [4.78, 5) is 16.0. The van der Waals surface area contributed by atoms with Crippen molar-refractivity contribution < 1.29 is 4.79 Å². The molecule has 1 aromatic carbocycles. The van der Waals surface area contributed by atoms with E-state index in [1.807, 2.05) is 29.2 Å². The number of anilines is 1. The number of hydrogen-bond donors (Lipinski definition) is 1. The molecule has 92 valence electrons. The third-order valence-electron chi connectivity index (χ3n) is 2.87. The zero-order chi connectivity index (χ0) is 12.3. The third kappa shape index (κ3) is 3.44. The zero-order valence-corrected chi connectivity index (χ0v) is 11.4. The molecule has 1 aliphatic heterocycles. The van der Waals surface area contributed by atoms with Gasteiger partial charge in [0.15, 0.2) is 0 Å². The summed E-state index contributed by atoms with van der Waals surface area (Å²) in [7, 11) is 2.07. The van der Waals surface area contributed by atoms with E-state index >= 15 is 0 Å². The normalized spacial score (nSPS) is 16.9. The molecule has 1 fully saturated rings. The quantitative estimate of drug-likeness (QED) is 0.863. The maximum atomic E-state index is 12.0. The average molecular weight is 298 g/mol. The van der Waals surface area contributed by atoms with Gasteiger partial charge in [-0.3, -0.25) is 0 Å². The fourth-order valence-electron chi connectivity index (χ4n) is 1.78. The second-order valence-corrected chi connectivity index (χ2v) is 5.15. The Labute approximate surface area is 110 Å². The molecule has 0 atom stereocenters. The van der Waals surface area contributed by atoms with Crippen LogP contribution in [0.15, 0.2) is 28.7 Å². The fraction of sp³-hybridized carbons (Fsp3) is 0.417. The minimum absolute atomic E-state index is 0.0174. The molecular formula is C12H16BrN3O. The lowest BCUT2D eigenvalue weighted by atomic mass is 10.3. The van der Waals surface area contributed by atoms with Gasteiger partial charge in [0.05, 0.1) is 0 Å². The van der Waals surface area contributed by atoms with E-state index < -0.39 is 0 Å². The first kappa shape index (κ1) is 12.4. The Morgan fingerprint density at radius 2 is 2.00 bits per heavy atom. The Bertz CT molecular complexity index is 402. The van der Waals surface area contributed by atoms with E-state index in [1.54, 1.807) is 0 Å². The second-order valence-electron chi connectivity index (χ2n) is 4.23. The summed E-state index contributed by atoms with van der Waals surface area (Å²) < 4.78 is 0.966. The number of carbonyl (C=O) groups excluding carboxylic acids is 1. The van der Waals surface area contributed by atoms with Crippen LogP contribution in [0.25, 0.3) is 0 Å². The number of benzene rings is 1. The second kappa shape index (κ2) is 5.51. The van der Waals surface area contributed by atoms with Crippen molar-refractivity contribution in [3.05, 3.63) is 28.7 Å². The summed E-state index contributed by atoms with van der Waals surface area (Å²) in [6, 6.07) is 7.61. The lowest BCUT2D eigenvalue weighted by molar-refractivity contribution is 0.164. The first-order valence-corrected chi connectivity index (χ1v) is 6.44. The molecule has 2 amide bonds. The molecular weight excluding hydrogens is 282 g/mol. The van der Waals surface area contributed by atoms with Crippen molar-refractivity contribution >= 4 is 27.6 Å². The number of halogens is 1. The number of likely N-dealkylation sites (N-methyl/N-ethyl adjacent to an activating group) is 1. The van der Waals surface area contributed by atoms with Crippen LogP contribution in [0.2, 0.25) is 0 Å². The highest BCUT2D eigenvalue weighted by atomic mass is 79.9. The van der Waals surface area contributed by atoms with Crippen LogP contribution in [-0.4, -0.2) is 49.1 Å². The van der Waals surface area contributed by atoms with Crippen LogP contribution in [0.4, 0.5) is 10.5 Å². The molecule has 0 aromatic heterocycles. The maximum absolute atomic E-state index is 12.0. The SMILES string of the molecule is CN1CCN(C(=O)Nc2cccc(Br)c2)CC1. The van der Waals surface area contributed by atoms with Crippen LogP contribution in [0.1, 0.15) is 0 Å². The van der Waals surface area contributed by atoms with Gasteiger partial charge >= 0.3 is 6.03 Å². The lowest BCUT2D eigenvalue weighted by Gasteiger charge is -2.32. The Kier molecular flexibility index (Phi) is 4.02. The van der Waals surface area contributed by atoms with Gasteiger partial charge in [0.1, 0.15) is 0 Å². The Balaban J connectivity index is 1.93. The molecule has 5 heteroatoms. The monoisotopic (exact) mass is 297 g/mol. The van der Waals surface area contributed by atoms with Crippen LogP contribution in [0, 0.1) is 0 Å². The third-order valence-corrected chi connectivity index (χ3v) is 3.36. The van der Waals surface area contributed by atoms with Gasteiger partial charge in [0, 0.05) is 36.3 Å². The van der Waals surface area contributed by atoms with Gasteiger partial charge in [-0.25, -0.2) is 4.79 Å². The number of nitrogens with one attached hydrogen (secondary N) is 1. The molecule has 0 spiro atoms. The van der Waals surface area contributed by atoms with E-state index in [4.69, 9.17) is 0 Å². The summed E-state index contributed by atoms with van der Waals surface area (Å²) in [5, 5.41) is 2.91. The standard InChI is InChI=1S/C12H16BrN3O/c1-15-5-7-16(8-6-15)12(17)14-11-4-2-3-10(13)9-11/h2-4,9H,5-8H2,1H3,(H,14,17). The molecule has 1 aromatic rings. The summed E-state index contributed by atoms with van der Waals surface area (Å²) in [6.45, 7) is 3.45. The molecule has 2 rings (SSSR count). The summed E-state index contributed by atoms with van der Waals surface area (Å²) >= 11 is 3.38. The predicted octanol–water partition coefficient (Wildman–Crippen LogP) is 2.23. The first-order valence-electron chi connectivity index (χ1n) is 5.65. The zero-order valence-electron chi connectivity index (χ0n) is 9.82. The molecule has 4 nitrogen and oxygen atoms in total. The highest BCUT2D eigenvalue weighted by Crippen LogP contribution is 2.16. The molecule has 0 bridgehead atoms. The van der Waals surface area contributed by atoms with E-state index in [0.717, 1.165) is 36.3 Å². The van der Waals surface area contributed by atoms with Gasteiger partial charge in [-0.15, -0.1) is 0 Å². The molecule has 0 aliphatic carbocycles. The first-order chi connectivity index (χ1) is 8.15. The smallest absolute Gasteiger partial charge is 0.321 e. The molecule has 1 aliphatic rings. The number of piperazine rings is 1. The summed E-state index contributed by atoms with van der Waals surface area (Å²) in [5.41, 5.74) is 0.823. The molecule has 1 heterocycles. The topological polar surface area (TPSA) is 35.6 Å². The fourth-order valence-corrected chi connectivity index (χ4v) is 2.18. The van der Waals surface area contributed by atoms with Crippen LogP contribution >= 0.6 is 15.9 Å². The number of hydrogen-bond acceptors (Lipinski definition) is 2. The number of nitrogens with zero attached hydrogens (tertiary/aromatic N) is 2. The number of amides is 2. The van der Waals surface area contributed by atoms with Gasteiger partial charge < -0.3 is 15.1 Å². The number of carbonyl (C=O) groups is 1. The van der Waals surface area contributed by atoms with Crippen LogP contribution in [-0.2, 0) is 0 Å². The van der Waals surface area contributed by atoms with Crippen molar-refractivity contribution in [1.82, 2.24) is 9.80 Å². The van der Waals surface area contributed by atoms with Crippen LogP contribution in [0.5, 0.6) is 0 Å². The Morgan fingerprint density at radius 3 is 2.65 bits per heavy atom. The van der Waals surface area contributed by atoms with Crippen molar-refractivity contribution in [3.63, 3.8) is 0 Å². The van der Waals surface area contributed by atoms with Crippen LogP contribution < -0.4 is 5.32 Å². The summed E-state index contributed by atoms with van der Waals surface area (Å²) in [5.74, 6) is 0. The van der Waals surface area contributed by atoms with Crippen molar-refractivity contribution in [1.29, 1.82) is 0 Å². The van der Waals surface area contributed by atoms with E-state index in [1.165, 1.54) is 0 Å². The van der Waals surface area contributed by atoms with Gasteiger partial charge in [-0.1, -0.05) is 22.0 Å². The van der Waals surface area contributed by atoms with E-state index in [-0.39, 0.29) is 6.03 Å². The molecule has 1 N–H and O–H groups in total. The molecule has 0 saturated carbocycles. The highest BCUT2D eigenvalue weighted by molar-refractivity contribution is 9.10. The largest absolute Gasteiger partial charge is 0.322 e. The molecule has 1 saturated heterocycles. The molecule has 0 unspecified atom stereocenters. The average Bonchev–Trinajstić information content (AvgIpc) is 2.29. The van der Waals surface area contributed by atoms with Gasteiger partial charge in [0.25, 0.3) is 0 Å². The molecule has 17 heavy (non-hydrogen) atoms. The van der Waals surface area contributed by atoms with Crippen LogP contribution in [0.3, 0.4) is 0 Å². The number of rotatable bonds is 1. The van der Waals surface area contributed by atoms with E-state index in [0.29, 0.717) is 0 Å². The van der Waals surface area contributed by atoms with Gasteiger partial charge in [-0.05, 0) is 25.2 Å². The summed E-state index contributed by atoms with van der Waals surface area (Å²) in [6.07, 6.45) is 0. The lowest BCUT2D eigenvalue weighted by Crippen LogP contribution is -2.48. The maximum Gasteiger partial charge on any atom is 0.321 e. The van der Waals surface area contributed by atoms with E-state index in [2.05, 4.69) is 33.2 Å². The van der Waals surface area contributed by atoms with Gasteiger partial charge in [0.2, 0.25) is 0 Å². The molecule has 0 radical (unpaired) electrons. The van der Waals surface area contributed by atoms with Crippen molar-refractivity contribution in [2.45, 2.75) is 0 Å². The van der Waals surface area contributed by atoms with Crippen molar-refractivity contribution in [2.75, 3.05) is 38.5 Å².